The van der Waals surface area contributed by atoms with Gasteiger partial charge in [0.05, 0.1) is 12.6 Å². The molecule has 0 aromatic carbocycles. The van der Waals surface area contributed by atoms with Crippen LogP contribution in [0.3, 0.4) is 0 Å². The van der Waals surface area contributed by atoms with Gasteiger partial charge >= 0.3 is 7.60 Å². The highest BCUT2D eigenvalue weighted by Crippen LogP contribution is 2.65. The number of nitrogens with zero attached hydrogens (tertiary/aromatic N) is 4. The average molecular weight is 523 g/mol. The SMILES string of the molecule is CCCCP(=S)(CCCC)OP(=O)(O)C(O)[C@H]1O[C@@H](n2cnc3c(N)ncnc32)[C@H](O)[C@@H]1O. The zero-order valence-electron chi connectivity index (χ0n) is 18.5. The maximum absolute atomic E-state index is 13.1. The molecule has 0 aliphatic carbocycles. The number of hydrogen-bond acceptors (Lipinski definition) is 11. The van der Waals surface area contributed by atoms with Gasteiger partial charge in [0.2, 0.25) is 0 Å². The first-order valence-corrected chi connectivity index (χ1v) is 15.5. The highest BCUT2D eigenvalue weighted by atomic mass is 32.4. The molecule has 6 N–H and O–H groups in total. The van der Waals surface area contributed by atoms with E-state index in [1.807, 2.05) is 13.8 Å². The molecule has 2 aromatic heterocycles. The molecule has 1 fully saturated rings. The molecule has 3 heterocycles. The van der Waals surface area contributed by atoms with Gasteiger partial charge < -0.3 is 30.7 Å². The van der Waals surface area contributed by atoms with E-state index in [0.29, 0.717) is 12.3 Å². The minimum atomic E-state index is -4.72. The highest BCUT2D eigenvalue weighted by molar-refractivity contribution is 8.13. The standard InChI is InChI=1S/C18H31N5O7P2S/c1-3-5-7-31(33,8-6-4-2)30-32(27,28)18(26)14-12(24)13(25)17(29-14)23-10-22-11-15(19)20-9-21-16(11)23/h9-10,12-14,17-18,24-26H,3-8H2,1-2H3,(H,27,28)(H2,19,20,21)/t12-,13+,14-,17+,18?/m0/s1. The molecule has 12 nitrogen and oxygen atoms in total. The quantitative estimate of drug-likeness (QED) is 0.268. The number of aliphatic hydroxyl groups excluding tert-OH is 3. The molecule has 0 bridgehead atoms. The van der Waals surface area contributed by atoms with Crippen LogP contribution in [0.5, 0.6) is 0 Å². The van der Waals surface area contributed by atoms with Gasteiger partial charge in [-0.25, -0.2) is 15.0 Å². The maximum atomic E-state index is 13.1. The lowest BCUT2D eigenvalue weighted by atomic mass is 10.1. The molecule has 0 radical (unpaired) electrons. The van der Waals surface area contributed by atoms with E-state index in [2.05, 4.69) is 15.0 Å². The topological polar surface area (TPSA) is 186 Å². The van der Waals surface area contributed by atoms with E-state index >= 15 is 0 Å². The molecule has 0 amide bonds. The predicted octanol–water partition coefficient (Wildman–Crippen LogP) is 1.54. The van der Waals surface area contributed by atoms with Crippen molar-refractivity contribution in [3.8, 4) is 0 Å². The minimum Gasteiger partial charge on any atom is -0.387 e. The predicted molar refractivity (Wildman–Crippen MR) is 126 cm³/mol. The fourth-order valence-electron chi connectivity index (χ4n) is 3.66. The zero-order chi connectivity index (χ0) is 24.4. The Morgan fingerprint density at radius 1 is 1.21 bits per heavy atom. The summed E-state index contributed by atoms with van der Waals surface area (Å²) in [5.74, 6) is -2.01. The number of aliphatic hydroxyl groups is 3. The Morgan fingerprint density at radius 3 is 2.45 bits per heavy atom. The van der Waals surface area contributed by atoms with Gasteiger partial charge in [0.1, 0.15) is 30.2 Å². The van der Waals surface area contributed by atoms with E-state index in [9.17, 15) is 24.8 Å². The summed E-state index contributed by atoms with van der Waals surface area (Å²) in [6.45, 7) is 3.96. The first kappa shape index (κ1) is 26.6. The summed E-state index contributed by atoms with van der Waals surface area (Å²) in [6.07, 6.45) is -2.20. The fourth-order valence-corrected chi connectivity index (χ4v) is 10.5. The molecule has 15 heteroatoms. The van der Waals surface area contributed by atoms with E-state index in [1.54, 1.807) is 0 Å². The van der Waals surface area contributed by atoms with Gasteiger partial charge in [-0.15, -0.1) is 0 Å². The molecule has 33 heavy (non-hydrogen) atoms. The summed E-state index contributed by atoms with van der Waals surface area (Å²) in [6, 6.07) is 0. The second-order valence-corrected chi connectivity index (χ2v) is 14.9. The summed E-state index contributed by atoms with van der Waals surface area (Å²) in [7, 11) is -4.72. The number of ether oxygens (including phenoxy) is 1. The van der Waals surface area contributed by atoms with Crippen LogP contribution in [0.1, 0.15) is 45.8 Å². The van der Waals surface area contributed by atoms with Gasteiger partial charge in [-0.2, -0.15) is 0 Å². The van der Waals surface area contributed by atoms with E-state index < -0.39 is 44.2 Å². The van der Waals surface area contributed by atoms with Crippen molar-refractivity contribution in [2.45, 2.75) is 69.9 Å². The molecule has 2 unspecified atom stereocenters. The van der Waals surface area contributed by atoms with Gasteiger partial charge in [0, 0.05) is 0 Å². The van der Waals surface area contributed by atoms with Crippen molar-refractivity contribution in [2.24, 2.45) is 0 Å². The number of unbranched alkanes of at least 4 members (excludes halogenated alkanes) is 2. The molecular weight excluding hydrogens is 492 g/mol. The van der Waals surface area contributed by atoms with Gasteiger partial charge in [0.15, 0.2) is 23.5 Å². The van der Waals surface area contributed by atoms with Crippen LogP contribution >= 0.6 is 13.9 Å². The molecule has 2 aromatic rings. The number of hydrogen-bond donors (Lipinski definition) is 5. The van der Waals surface area contributed by atoms with Crippen LogP contribution in [-0.4, -0.2) is 76.2 Å². The summed E-state index contributed by atoms with van der Waals surface area (Å²) in [5.41, 5.74) is 6.27. The van der Waals surface area contributed by atoms with Crippen molar-refractivity contribution in [1.29, 1.82) is 0 Å². The second kappa shape index (κ2) is 10.7. The number of aromatic nitrogens is 4. The van der Waals surface area contributed by atoms with Crippen molar-refractivity contribution < 1.29 is 33.8 Å². The molecule has 1 aliphatic heterocycles. The van der Waals surface area contributed by atoms with Crippen LogP contribution in [0.2, 0.25) is 0 Å². The lowest BCUT2D eigenvalue weighted by Gasteiger charge is -2.30. The molecule has 0 spiro atoms. The first-order chi connectivity index (χ1) is 15.5. The molecule has 1 aliphatic rings. The summed E-state index contributed by atoms with van der Waals surface area (Å²) in [4.78, 5) is 22.6. The lowest BCUT2D eigenvalue weighted by Crippen LogP contribution is -2.38. The highest BCUT2D eigenvalue weighted by Gasteiger charge is 2.53. The molecule has 0 saturated carbocycles. The van der Waals surface area contributed by atoms with Crippen LogP contribution in [0.25, 0.3) is 11.2 Å². The van der Waals surface area contributed by atoms with Crippen molar-refractivity contribution in [3.05, 3.63) is 12.7 Å². The lowest BCUT2D eigenvalue weighted by molar-refractivity contribution is -0.0659. The van der Waals surface area contributed by atoms with E-state index in [-0.39, 0.29) is 17.0 Å². The van der Waals surface area contributed by atoms with Crippen LogP contribution in [0.15, 0.2) is 12.7 Å². The zero-order valence-corrected chi connectivity index (χ0v) is 21.1. The van der Waals surface area contributed by atoms with Crippen LogP contribution in [0.4, 0.5) is 5.82 Å². The van der Waals surface area contributed by atoms with Gasteiger partial charge in [0.25, 0.3) is 0 Å². The van der Waals surface area contributed by atoms with Crippen LogP contribution in [-0.2, 0) is 25.4 Å². The minimum absolute atomic E-state index is 0.113. The van der Waals surface area contributed by atoms with E-state index in [1.165, 1.54) is 17.2 Å². The van der Waals surface area contributed by atoms with Crippen molar-refractivity contribution in [3.63, 3.8) is 0 Å². The molecule has 1 saturated heterocycles. The van der Waals surface area contributed by atoms with Crippen molar-refractivity contribution >= 4 is 42.6 Å². The van der Waals surface area contributed by atoms with Crippen molar-refractivity contribution in [1.82, 2.24) is 19.5 Å². The molecule has 6 atom stereocenters. The van der Waals surface area contributed by atoms with Crippen molar-refractivity contribution in [2.75, 3.05) is 18.1 Å². The second-order valence-electron chi connectivity index (χ2n) is 8.08. The van der Waals surface area contributed by atoms with Crippen LogP contribution < -0.4 is 5.73 Å². The largest absolute Gasteiger partial charge is 0.387 e. The summed E-state index contributed by atoms with van der Waals surface area (Å²) < 4.78 is 25.6. The summed E-state index contributed by atoms with van der Waals surface area (Å²) >= 11 is 5.64. The Balaban J connectivity index is 1.82. The number of nitrogens with two attached hydrogens (primary N) is 1. The third-order valence-electron chi connectivity index (χ3n) is 5.54. The smallest absolute Gasteiger partial charge is 0.362 e. The van der Waals surface area contributed by atoms with Gasteiger partial charge in [-0.05, 0) is 25.2 Å². The maximum Gasteiger partial charge on any atom is 0.362 e. The normalized spacial score (nSPS) is 26.5. The molecular formula is C18H31N5O7P2S. The monoisotopic (exact) mass is 523 g/mol. The Kier molecular flexibility index (Phi) is 8.64. The number of fused-ring (bicyclic) bond motifs is 1. The Morgan fingerprint density at radius 2 is 1.85 bits per heavy atom. The van der Waals surface area contributed by atoms with E-state index in [4.69, 9.17) is 26.6 Å². The Bertz CT molecular complexity index is 1040. The third kappa shape index (κ3) is 5.63. The van der Waals surface area contributed by atoms with Gasteiger partial charge in [-0.1, -0.05) is 38.5 Å². The molecule has 186 valence electrons. The number of nitrogen functional groups attached to an aromatic ring is 1. The summed E-state index contributed by atoms with van der Waals surface area (Å²) in [5, 5.41) is 31.8. The van der Waals surface area contributed by atoms with Gasteiger partial charge in [-0.3, -0.25) is 13.4 Å². The first-order valence-electron chi connectivity index (χ1n) is 10.8. The average Bonchev–Trinajstić information content (AvgIpc) is 3.32. The number of rotatable bonds is 11. The number of anilines is 1. The Labute approximate surface area is 196 Å². The Hall–Kier alpha value is -1.01. The molecule has 3 rings (SSSR count). The third-order valence-corrected chi connectivity index (χ3v) is 12.3. The van der Waals surface area contributed by atoms with E-state index in [0.717, 1.165) is 25.7 Å². The fraction of sp³-hybridized carbons (Fsp3) is 0.722. The van der Waals surface area contributed by atoms with Crippen LogP contribution in [0, 0.1) is 0 Å². The number of imidazole rings is 1.